The van der Waals surface area contributed by atoms with Gasteiger partial charge in [0.1, 0.15) is 10.0 Å². The Morgan fingerprint density at radius 1 is 1.17 bits per heavy atom. The molecular weight excluding hydrogens is 283 g/mol. The maximum atomic E-state index is 13.2. The summed E-state index contributed by atoms with van der Waals surface area (Å²) in [7, 11) is 0. The molecule has 0 fully saturated rings. The first kappa shape index (κ1) is 13.0. The van der Waals surface area contributed by atoms with Crippen molar-refractivity contribution in [1.82, 2.24) is 9.97 Å². The van der Waals surface area contributed by atoms with Gasteiger partial charge in [0.25, 0.3) is 0 Å². The molecule has 0 unspecified atom stereocenters. The lowest BCUT2D eigenvalue weighted by molar-refractivity contribution is 0.514. The molecule has 2 aromatic heterocycles. The molecule has 0 radical (unpaired) electrons. The number of nitrogens with one attached hydrogen (secondary N) is 1. The quantitative estimate of drug-likeness (QED) is 0.876. The van der Waals surface area contributed by atoms with Gasteiger partial charge in [0.05, 0.1) is 5.69 Å². The molecule has 2 aromatic rings. The van der Waals surface area contributed by atoms with Gasteiger partial charge in [-0.3, -0.25) is 4.98 Å². The van der Waals surface area contributed by atoms with Gasteiger partial charge in [0.15, 0.2) is 0 Å². The molecule has 0 saturated carbocycles. The lowest BCUT2D eigenvalue weighted by atomic mass is 10.3. The van der Waals surface area contributed by atoms with Gasteiger partial charge < -0.3 is 5.32 Å². The molecule has 3 nitrogen and oxygen atoms in total. The normalized spacial score (nSPS) is 10.4. The van der Waals surface area contributed by atoms with Crippen LogP contribution in [0.3, 0.4) is 0 Å². The zero-order valence-corrected chi connectivity index (χ0v) is 10.4. The van der Waals surface area contributed by atoms with Crippen molar-refractivity contribution in [2.45, 2.75) is 6.54 Å². The van der Waals surface area contributed by atoms with E-state index < -0.39 is 11.9 Å². The lowest BCUT2D eigenvalue weighted by Gasteiger charge is -2.10. The number of pyridine rings is 2. The molecule has 7 heteroatoms. The minimum absolute atomic E-state index is 0.0211. The summed E-state index contributed by atoms with van der Waals surface area (Å²) >= 11 is 11.3. The van der Waals surface area contributed by atoms with Crippen molar-refractivity contribution < 1.29 is 8.78 Å². The monoisotopic (exact) mass is 289 g/mol. The molecule has 0 aliphatic heterocycles. The molecule has 18 heavy (non-hydrogen) atoms. The third kappa shape index (κ3) is 2.68. The maximum absolute atomic E-state index is 13.2. The minimum Gasteiger partial charge on any atom is -0.378 e. The number of hydrogen-bond donors (Lipinski definition) is 1. The largest absolute Gasteiger partial charge is 0.378 e. The molecule has 0 saturated heterocycles. The Labute approximate surface area is 112 Å². The Bertz CT molecular complexity index is 538. The molecule has 0 aromatic carbocycles. The van der Waals surface area contributed by atoms with Crippen molar-refractivity contribution in [3.63, 3.8) is 0 Å². The number of hydrogen-bond acceptors (Lipinski definition) is 3. The van der Waals surface area contributed by atoms with E-state index >= 15 is 0 Å². The van der Waals surface area contributed by atoms with Gasteiger partial charge in [0, 0.05) is 18.9 Å². The van der Waals surface area contributed by atoms with E-state index in [4.69, 9.17) is 23.2 Å². The zero-order valence-electron chi connectivity index (χ0n) is 8.92. The first-order chi connectivity index (χ1) is 8.59. The summed E-state index contributed by atoms with van der Waals surface area (Å²) in [4.78, 5) is 6.85. The summed E-state index contributed by atoms with van der Waals surface area (Å²) in [5.74, 6) is -2.21. The average molecular weight is 290 g/mol. The third-order valence-electron chi connectivity index (χ3n) is 2.19. The number of nitrogens with zero attached hydrogens (tertiary/aromatic N) is 2. The van der Waals surface area contributed by atoms with Crippen LogP contribution in [0.15, 0.2) is 24.5 Å². The van der Waals surface area contributed by atoms with Crippen LogP contribution in [0.5, 0.6) is 0 Å². The van der Waals surface area contributed by atoms with Crippen LogP contribution >= 0.6 is 23.2 Å². The Balaban J connectivity index is 2.24. The second-order valence-electron chi connectivity index (χ2n) is 3.41. The SMILES string of the molecule is Fc1nc(F)c(Cl)c(NCc2cccnc2)c1Cl. The van der Waals surface area contributed by atoms with Gasteiger partial charge in [-0.15, -0.1) is 0 Å². The molecule has 0 amide bonds. The lowest BCUT2D eigenvalue weighted by Crippen LogP contribution is -2.04. The van der Waals surface area contributed by atoms with Crippen molar-refractivity contribution in [2.24, 2.45) is 0 Å². The highest BCUT2D eigenvalue weighted by atomic mass is 35.5. The summed E-state index contributed by atoms with van der Waals surface area (Å²) in [5, 5.41) is 2.07. The van der Waals surface area contributed by atoms with Crippen LogP contribution in [-0.4, -0.2) is 9.97 Å². The van der Waals surface area contributed by atoms with Crippen LogP contribution in [0.4, 0.5) is 14.5 Å². The van der Waals surface area contributed by atoms with Gasteiger partial charge in [-0.05, 0) is 11.6 Å². The van der Waals surface area contributed by atoms with Gasteiger partial charge in [-0.25, -0.2) is 0 Å². The molecular formula is C11H7Cl2F2N3. The topological polar surface area (TPSA) is 37.8 Å². The molecule has 0 spiro atoms. The van der Waals surface area contributed by atoms with Crippen LogP contribution in [-0.2, 0) is 6.54 Å². The molecule has 94 valence electrons. The fourth-order valence-electron chi connectivity index (χ4n) is 1.34. The van der Waals surface area contributed by atoms with Crippen LogP contribution < -0.4 is 5.32 Å². The third-order valence-corrected chi connectivity index (χ3v) is 2.88. The van der Waals surface area contributed by atoms with Crippen LogP contribution in [0.2, 0.25) is 10.0 Å². The van der Waals surface area contributed by atoms with E-state index in [1.54, 1.807) is 24.5 Å². The fourth-order valence-corrected chi connectivity index (χ4v) is 1.79. The minimum atomic E-state index is -1.10. The van der Waals surface area contributed by atoms with Crippen molar-refractivity contribution in [3.8, 4) is 0 Å². The van der Waals surface area contributed by atoms with Gasteiger partial charge in [0.2, 0.25) is 11.9 Å². The number of aromatic nitrogens is 2. The molecule has 2 rings (SSSR count). The number of rotatable bonds is 3. The van der Waals surface area contributed by atoms with Crippen molar-refractivity contribution >= 4 is 28.9 Å². The van der Waals surface area contributed by atoms with E-state index in [0.717, 1.165) is 5.56 Å². The predicted molar refractivity (Wildman–Crippen MR) is 65.7 cm³/mol. The van der Waals surface area contributed by atoms with Gasteiger partial charge in [-0.1, -0.05) is 29.3 Å². The van der Waals surface area contributed by atoms with E-state index in [9.17, 15) is 8.78 Å². The zero-order chi connectivity index (χ0) is 13.1. The Kier molecular flexibility index (Phi) is 3.93. The van der Waals surface area contributed by atoms with Crippen molar-refractivity contribution in [2.75, 3.05) is 5.32 Å². The van der Waals surface area contributed by atoms with E-state index in [1.807, 2.05) is 0 Å². The van der Waals surface area contributed by atoms with E-state index in [2.05, 4.69) is 15.3 Å². The fraction of sp³-hybridized carbons (Fsp3) is 0.0909. The Hall–Kier alpha value is -1.46. The average Bonchev–Trinajstić information content (AvgIpc) is 2.38. The Morgan fingerprint density at radius 3 is 2.39 bits per heavy atom. The number of halogens is 4. The maximum Gasteiger partial charge on any atom is 0.236 e. The van der Waals surface area contributed by atoms with Crippen LogP contribution in [0, 0.1) is 11.9 Å². The van der Waals surface area contributed by atoms with E-state index in [1.165, 1.54) is 0 Å². The molecule has 0 atom stereocenters. The molecule has 1 N–H and O–H groups in total. The Morgan fingerprint density at radius 2 is 1.83 bits per heavy atom. The van der Waals surface area contributed by atoms with Crippen molar-refractivity contribution in [3.05, 3.63) is 52.0 Å². The van der Waals surface area contributed by atoms with Gasteiger partial charge >= 0.3 is 0 Å². The second kappa shape index (κ2) is 5.46. The summed E-state index contributed by atoms with van der Waals surface area (Å²) in [6.07, 6.45) is 3.23. The van der Waals surface area contributed by atoms with Crippen molar-refractivity contribution in [1.29, 1.82) is 0 Å². The predicted octanol–water partition coefficient (Wildman–Crippen LogP) is 3.67. The molecule has 0 aliphatic rings. The molecule has 0 aliphatic carbocycles. The first-order valence-electron chi connectivity index (χ1n) is 4.92. The molecule has 2 heterocycles. The standard InChI is InChI=1S/C11H7Cl2F2N3/c12-7-9(8(13)11(15)18-10(7)14)17-5-6-2-1-3-16-4-6/h1-4H,5H2,(H,17,18). The smallest absolute Gasteiger partial charge is 0.236 e. The number of anilines is 1. The first-order valence-corrected chi connectivity index (χ1v) is 5.68. The summed E-state index contributed by atoms with van der Waals surface area (Å²) in [6, 6.07) is 3.55. The highest BCUT2D eigenvalue weighted by Gasteiger charge is 2.17. The highest BCUT2D eigenvalue weighted by Crippen LogP contribution is 2.33. The van der Waals surface area contributed by atoms with E-state index in [0.29, 0.717) is 0 Å². The summed E-state index contributed by atoms with van der Waals surface area (Å²) < 4.78 is 26.3. The summed E-state index contributed by atoms with van der Waals surface area (Å²) in [6.45, 7) is 0.288. The summed E-state index contributed by atoms with van der Waals surface area (Å²) in [5.41, 5.74) is 0.800. The van der Waals surface area contributed by atoms with Gasteiger partial charge in [-0.2, -0.15) is 13.8 Å². The highest BCUT2D eigenvalue weighted by molar-refractivity contribution is 6.39. The van der Waals surface area contributed by atoms with Crippen LogP contribution in [0.1, 0.15) is 5.56 Å². The second-order valence-corrected chi connectivity index (χ2v) is 4.17. The van der Waals surface area contributed by atoms with E-state index in [-0.39, 0.29) is 22.3 Å². The molecule has 0 bridgehead atoms. The van der Waals surface area contributed by atoms with Crippen LogP contribution in [0.25, 0.3) is 0 Å².